The molecule has 2 N–H and O–H groups in total. The molecule has 3 fully saturated rings. The van der Waals surface area contributed by atoms with E-state index in [4.69, 9.17) is 0 Å². The van der Waals surface area contributed by atoms with Crippen molar-refractivity contribution >= 4 is 11.8 Å². The maximum atomic E-state index is 12.0. The lowest BCUT2D eigenvalue weighted by Gasteiger charge is -2.38. The van der Waals surface area contributed by atoms with Gasteiger partial charge in [0.05, 0.1) is 0 Å². The van der Waals surface area contributed by atoms with Crippen molar-refractivity contribution < 1.29 is 10.2 Å². The second-order valence-electron chi connectivity index (χ2n) is 12.8. The molecule has 2 aromatic carbocycles. The molecule has 3 aliphatic rings. The maximum Gasteiger partial charge on any atom is 0.123 e. The van der Waals surface area contributed by atoms with E-state index in [1.165, 1.54) is 49.7 Å². The summed E-state index contributed by atoms with van der Waals surface area (Å²) in [5, 5.41) is 23.9. The predicted octanol–water partition coefficient (Wildman–Crippen LogP) is 9.04. The number of aryl methyl sites for hydroxylation is 2. The van der Waals surface area contributed by atoms with E-state index in [-0.39, 0.29) is 16.7 Å². The summed E-state index contributed by atoms with van der Waals surface area (Å²) in [5.74, 6) is 3.70. The minimum absolute atomic E-state index is 0.0247. The maximum absolute atomic E-state index is 12.0. The highest BCUT2D eigenvalue weighted by Gasteiger charge is 2.39. The largest absolute Gasteiger partial charge is 0.507 e. The molecule has 0 spiro atoms. The molecular formula is C33H46O2S. The minimum Gasteiger partial charge on any atom is -0.507 e. The Balaban J connectivity index is 1.68. The van der Waals surface area contributed by atoms with Crippen LogP contribution < -0.4 is 0 Å². The highest BCUT2D eigenvalue weighted by atomic mass is 32.2. The van der Waals surface area contributed by atoms with Crippen LogP contribution in [0.15, 0.2) is 24.3 Å². The molecule has 2 aliphatic carbocycles. The summed E-state index contributed by atoms with van der Waals surface area (Å²) in [6.45, 7) is 9.08. The van der Waals surface area contributed by atoms with Crippen molar-refractivity contribution in [3.63, 3.8) is 0 Å². The first-order valence-electron chi connectivity index (χ1n) is 14.5. The van der Waals surface area contributed by atoms with Gasteiger partial charge in [0.1, 0.15) is 11.5 Å². The molecule has 196 valence electrons. The van der Waals surface area contributed by atoms with Crippen LogP contribution in [0.1, 0.15) is 124 Å². The van der Waals surface area contributed by atoms with E-state index in [1.54, 1.807) is 0 Å². The molecule has 1 saturated heterocycles. The summed E-state index contributed by atoms with van der Waals surface area (Å²) in [6, 6.07) is 8.94. The smallest absolute Gasteiger partial charge is 0.123 e. The van der Waals surface area contributed by atoms with Crippen molar-refractivity contribution in [3.05, 3.63) is 57.6 Å². The van der Waals surface area contributed by atoms with Crippen LogP contribution in [-0.4, -0.2) is 21.7 Å². The van der Waals surface area contributed by atoms with Crippen LogP contribution in [0, 0.1) is 19.8 Å². The Morgan fingerprint density at radius 2 is 1.17 bits per heavy atom. The van der Waals surface area contributed by atoms with Crippen LogP contribution in [0.2, 0.25) is 0 Å². The van der Waals surface area contributed by atoms with E-state index in [9.17, 15) is 10.2 Å². The van der Waals surface area contributed by atoms with Crippen LogP contribution >= 0.6 is 11.8 Å². The molecule has 2 nitrogen and oxygen atoms in total. The topological polar surface area (TPSA) is 40.5 Å². The van der Waals surface area contributed by atoms with E-state index in [0.29, 0.717) is 17.4 Å². The zero-order chi connectivity index (χ0) is 25.5. The fourth-order valence-electron chi connectivity index (χ4n) is 7.70. The number of benzene rings is 2. The number of hydrogen-bond acceptors (Lipinski definition) is 3. The molecule has 2 aromatic rings. The monoisotopic (exact) mass is 506 g/mol. The van der Waals surface area contributed by atoms with E-state index in [2.05, 4.69) is 52.0 Å². The van der Waals surface area contributed by atoms with Crippen molar-refractivity contribution in [2.75, 3.05) is 11.5 Å². The third kappa shape index (κ3) is 4.82. The molecule has 3 heteroatoms. The SMILES string of the molecule is Cc1cc(C(c2cc(C)cc(C3(C)CCCCC3)c2O)C2CCSC2)c(O)c(C2(C)CCCCC2)c1. The molecule has 2 saturated carbocycles. The van der Waals surface area contributed by atoms with Crippen molar-refractivity contribution in [1.82, 2.24) is 0 Å². The molecule has 1 aliphatic heterocycles. The molecule has 5 rings (SSSR count). The van der Waals surface area contributed by atoms with Gasteiger partial charge in [0.25, 0.3) is 0 Å². The van der Waals surface area contributed by atoms with Crippen molar-refractivity contribution in [2.24, 2.45) is 5.92 Å². The van der Waals surface area contributed by atoms with Gasteiger partial charge in [0.2, 0.25) is 0 Å². The molecule has 36 heavy (non-hydrogen) atoms. The van der Waals surface area contributed by atoms with Crippen molar-refractivity contribution in [3.8, 4) is 11.5 Å². The second kappa shape index (κ2) is 10.3. The van der Waals surface area contributed by atoms with Gasteiger partial charge in [0, 0.05) is 28.2 Å². The minimum atomic E-state index is 0.0247. The van der Waals surface area contributed by atoms with E-state index < -0.39 is 0 Å². The summed E-state index contributed by atoms with van der Waals surface area (Å²) in [6.07, 6.45) is 13.3. The Morgan fingerprint density at radius 3 is 1.56 bits per heavy atom. The van der Waals surface area contributed by atoms with E-state index >= 15 is 0 Å². The Labute approximate surface area is 223 Å². The fraction of sp³-hybridized carbons (Fsp3) is 0.636. The third-order valence-corrected chi connectivity index (χ3v) is 11.1. The Bertz CT molecular complexity index is 1010. The normalized spacial score (nSPS) is 23.8. The van der Waals surface area contributed by atoms with Crippen molar-refractivity contribution in [2.45, 2.75) is 115 Å². The predicted molar refractivity (Wildman–Crippen MR) is 154 cm³/mol. The van der Waals surface area contributed by atoms with Crippen LogP contribution in [0.5, 0.6) is 11.5 Å². The van der Waals surface area contributed by atoms with Crippen LogP contribution in [0.3, 0.4) is 0 Å². The first kappa shape index (κ1) is 26.0. The average Bonchev–Trinajstić information content (AvgIpc) is 3.38. The van der Waals surface area contributed by atoms with Gasteiger partial charge in [-0.05, 0) is 74.2 Å². The molecule has 1 heterocycles. The zero-order valence-electron chi connectivity index (χ0n) is 23.0. The fourth-order valence-corrected chi connectivity index (χ4v) is 9.00. The Hall–Kier alpha value is -1.61. The summed E-state index contributed by atoms with van der Waals surface area (Å²) in [4.78, 5) is 0. The van der Waals surface area contributed by atoms with Crippen LogP contribution in [0.4, 0.5) is 0 Å². The second-order valence-corrected chi connectivity index (χ2v) is 14.0. The van der Waals surface area contributed by atoms with E-state index in [1.807, 2.05) is 11.8 Å². The zero-order valence-corrected chi connectivity index (χ0v) is 23.8. The first-order chi connectivity index (χ1) is 17.2. The van der Waals surface area contributed by atoms with Crippen molar-refractivity contribution in [1.29, 1.82) is 0 Å². The average molecular weight is 507 g/mol. The lowest BCUT2D eigenvalue weighted by Crippen LogP contribution is -2.27. The van der Waals surface area contributed by atoms with Crippen LogP contribution in [-0.2, 0) is 10.8 Å². The summed E-state index contributed by atoms with van der Waals surface area (Å²) in [7, 11) is 0. The Morgan fingerprint density at radius 1 is 0.722 bits per heavy atom. The van der Waals surface area contributed by atoms with Gasteiger partial charge >= 0.3 is 0 Å². The number of phenolic OH excluding ortho intramolecular Hbond substituents is 2. The van der Waals surface area contributed by atoms with Crippen LogP contribution in [0.25, 0.3) is 0 Å². The highest BCUT2D eigenvalue weighted by molar-refractivity contribution is 7.99. The molecule has 0 amide bonds. The standard InChI is InChI=1S/C33H46O2S/c1-22-17-25(30(34)27(19-22)32(3)12-7-5-8-13-32)29(24-11-16-36-21-24)26-18-23(2)20-28(31(26)35)33(4)14-9-6-10-15-33/h17-20,24,29,34-35H,5-16,21H2,1-4H3. The van der Waals surface area contributed by atoms with Gasteiger partial charge in [0.15, 0.2) is 0 Å². The number of rotatable bonds is 5. The molecular weight excluding hydrogens is 460 g/mol. The molecule has 1 atom stereocenters. The van der Waals surface area contributed by atoms with Gasteiger partial charge in [-0.1, -0.05) is 87.8 Å². The summed E-state index contributed by atoms with van der Waals surface area (Å²) < 4.78 is 0. The molecule has 0 radical (unpaired) electrons. The van der Waals surface area contributed by atoms with Gasteiger partial charge in [-0.15, -0.1) is 0 Å². The lowest BCUT2D eigenvalue weighted by atomic mass is 9.67. The number of thioether (sulfide) groups is 1. The lowest BCUT2D eigenvalue weighted by molar-refractivity contribution is 0.304. The summed E-state index contributed by atoms with van der Waals surface area (Å²) in [5.41, 5.74) is 6.90. The van der Waals surface area contributed by atoms with Gasteiger partial charge in [-0.2, -0.15) is 11.8 Å². The quantitative estimate of drug-likeness (QED) is 0.425. The number of phenols is 2. The van der Waals surface area contributed by atoms with Gasteiger partial charge < -0.3 is 10.2 Å². The number of aromatic hydroxyl groups is 2. The number of hydrogen-bond donors (Lipinski definition) is 2. The van der Waals surface area contributed by atoms with Gasteiger partial charge in [-0.25, -0.2) is 0 Å². The highest BCUT2D eigenvalue weighted by Crippen LogP contribution is 2.53. The molecule has 0 bridgehead atoms. The van der Waals surface area contributed by atoms with E-state index in [0.717, 1.165) is 65.9 Å². The van der Waals surface area contributed by atoms with Gasteiger partial charge in [-0.3, -0.25) is 0 Å². The first-order valence-corrected chi connectivity index (χ1v) is 15.6. The Kier molecular flexibility index (Phi) is 7.42. The molecule has 0 aromatic heterocycles. The third-order valence-electron chi connectivity index (χ3n) is 9.89. The summed E-state index contributed by atoms with van der Waals surface area (Å²) >= 11 is 2.02. The molecule has 1 unspecified atom stereocenters.